The molecule has 0 aliphatic heterocycles. The zero-order chi connectivity index (χ0) is 12.6. The summed E-state index contributed by atoms with van der Waals surface area (Å²) in [5, 5.41) is 5.24. The fourth-order valence-corrected chi connectivity index (χ4v) is 1.03. The number of hydrogen-bond acceptors (Lipinski definition) is 3. The molecule has 0 unspecified atom stereocenters. The Kier molecular flexibility index (Phi) is 6.72. The first-order chi connectivity index (χ1) is 7.35. The van der Waals surface area contributed by atoms with Crippen LogP contribution >= 0.6 is 0 Å². The molecule has 0 aromatic heterocycles. The summed E-state index contributed by atoms with van der Waals surface area (Å²) in [6, 6.07) is 0. The molecule has 0 saturated carbocycles. The van der Waals surface area contributed by atoms with Crippen LogP contribution < -0.4 is 16.4 Å². The molecule has 2 amide bonds. The van der Waals surface area contributed by atoms with Gasteiger partial charge in [-0.3, -0.25) is 9.59 Å². The van der Waals surface area contributed by atoms with Gasteiger partial charge in [-0.15, -0.1) is 0 Å². The Morgan fingerprint density at radius 2 is 1.81 bits per heavy atom. The van der Waals surface area contributed by atoms with E-state index >= 15 is 0 Å². The van der Waals surface area contributed by atoms with Crippen LogP contribution in [-0.4, -0.2) is 30.4 Å². The molecule has 0 saturated heterocycles. The van der Waals surface area contributed by atoms with E-state index in [1.54, 1.807) is 0 Å². The van der Waals surface area contributed by atoms with Crippen molar-refractivity contribution >= 4 is 11.8 Å². The van der Waals surface area contributed by atoms with E-state index in [1.807, 2.05) is 20.8 Å². The van der Waals surface area contributed by atoms with Gasteiger partial charge >= 0.3 is 0 Å². The molecule has 0 bridgehead atoms. The van der Waals surface area contributed by atoms with Crippen LogP contribution in [0.25, 0.3) is 0 Å². The second kappa shape index (κ2) is 7.22. The molecule has 0 heterocycles. The molecular formula is C11H23N3O2. The molecule has 4 N–H and O–H groups in total. The summed E-state index contributed by atoms with van der Waals surface area (Å²) in [6.07, 6.45) is 1.85. The maximum Gasteiger partial charge on any atom is 0.239 e. The number of carbonyl (C=O) groups is 2. The van der Waals surface area contributed by atoms with Gasteiger partial charge in [0, 0.05) is 18.5 Å². The van der Waals surface area contributed by atoms with Gasteiger partial charge in [-0.05, 0) is 26.7 Å². The molecule has 0 spiro atoms. The van der Waals surface area contributed by atoms with Crippen molar-refractivity contribution in [2.75, 3.05) is 13.1 Å². The van der Waals surface area contributed by atoms with Crippen LogP contribution in [0.15, 0.2) is 0 Å². The number of amides is 2. The first kappa shape index (κ1) is 14.9. The molecule has 16 heavy (non-hydrogen) atoms. The zero-order valence-corrected chi connectivity index (χ0v) is 10.4. The molecule has 94 valence electrons. The minimum atomic E-state index is -0.345. The van der Waals surface area contributed by atoms with Crippen molar-refractivity contribution in [3.05, 3.63) is 0 Å². The number of nitrogens with two attached hydrogens (primary N) is 1. The van der Waals surface area contributed by atoms with Crippen LogP contribution in [0.1, 0.15) is 40.0 Å². The van der Waals surface area contributed by atoms with Crippen molar-refractivity contribution in [2.24, 2.45) is 5.73 Å². The van der Waals surface area contributed by atoms with Crippen LogP contribution in [-0.2, 0) is 9.59 Å². The molecule has 0 rings (SSSR count). The van der Waals surface area contributed by atoms with Crippen molar-refractivity contribution in [3.8, 4) is 0 Å². The largest absolute Gasteiger partial charge is 0.355 e. The van der Waals surface area contributed by atoms with E-state index in [9.17, 15) is 9.59 Å². The van der Waals surface area contributed by atoms with Crippen molar-refractivity contribution in [1.29, 1.82) is 0 Å². The molecule has 0 aliphatic carbocycles. The Labute approximate surface area is 97.2 Å². The molecule has 0 aliphatic rings. The average molecular weight is 229 g/mol. The van der Waals surface area contributed by atoms with Crippen LogP contribution in [0.3, 0.4) is 0 Å². The van der Waals surface area contributed by atoms with Crippen LogP contribution in [0, 0.1) is 0 Å². The van der Waals surface area contributed by atoms with Gasteiger partial charge in [0.2, 0.25) is 11.8 Å². The van der Waals surface area contributed by atoms with Gasteiger partial charge in [0.25, 0.3) is 0 Å². The number of rotatable bonds is 7. The summed E-state index contributed by atoms with van der Waals surface area (Å²) >= 11 is 0. The quantitative estimate of drug-likeness (QED) is 0.581. The Balaban J connectivity index is 3.61. The smallest absolute Gasteiger partial charge is 0.239 e. The minimum Gasteiger partial charge on any atom is -0.355 e. The molecule has 0 fully saturated rings. The molecule has 5 nitrogen and oxygen atoms in total. The summed E-state index contributed by atoms with van der Waals surface area (Å²) in [6.45, 7) is 6.40. The maximum atomic E-state index is 11.3. The van der Waals surface area contributed by atoms with Crippen LogP contribution in [0.5, 0.6) is 0 Å². The fraction of sp³-hybridized carbons (Fsp3) is 0.818. The highest BCUT2D eigenvalue weighted by molar-refractivity contribution is 5.84. The van der Waals surface area contributed by atoms with E-state index in [0.29, 0.717) is 19.4 Å². The van der Waals surface area contributed by atoms with E-state index < -0.39 is 0 Å². The standard InChI is InChI=1S/C11H23N3O2/c1-4-7-13-10(16)8-14-9(15)5-6-11(2,3)12/h4-8,12H2,1-3H3,(H,13,16)(H,14,15). The van der Waals surface area contributed by atoms with Crippen molar-refractivity contribution in [2.45, 2.75) is 45.6 Å². The lowest BCUT2D eigenvalue weighted by atomic mass is 10.00. The average Bonchev–Trinajstić information content (AvgIpc) is 2.19. The summed E-state index contributed by atoms with van der Waals surface area (Å²) in [5.74, 6) is -0.285. The second-order valence-electron chi connectivity index (χ2n) is 4.62. The third-order valence-electron chi connectivity index (χ3n) is 2.01. The normalized spacial score (nSPS) is 11.0. The highest BCUT2D eigenvalue weighted by atomic mass is 16.2. The third kappa shape index (κ3) is 9.45. The lowest BCUT2D eigenvalue weighted by Gasteiger charge is -2.17. The van der Waals surface area contributed by atoms with Gasteiger partial charge in [-0.25, -0.2) is 0 Å². The highest BCUT2D eigenvalue weighted by Crippen LogP contribution is 2.06. The lowest BCUT2D eigenvalue weighted by molar-refractivity contribution is -0.126. The summed E-state index contributed by atoms with van der Waals surface area (Å²) in [4.78, 5) is 22.5. The molecule has 0 aromatic rings. The van der Waals surface area contributed by atoms with Gasteiger partial charge in [0.1, 0.15) is 0 Å². The van der Waals surface area contributed by atoms with Gasteiger partial charge < -0.3 is 16.4 Å². The second-order valence-corrected chi connectivity index (χ2v) is 4.62. The number of hydrogen-bond donors (Lipinski definition) is 3. The minimum absolute atomic E-state index is 0.0455. The summed E-state index contributed by atoms with van der Waals surface area (Å²) < 4.78 is 0. The Morgan fingerprint density at radius 3 is 2.31 bits per heavy atom. The lowest BCUT2D eigenvalue weighted by Crippen LogP contribution is -2.39. The molecule has 0 atom stereocenters. The number of nitrogens with one attached hydrogen (secondary N) is 2. The van der Waals surface area contributed by atoms with E-state index in [2.05, 4.69) is 10.6 Å². The zero-order valence-electron chi connectivity index (χ0n) is 10.4. The summed E-state index contributed by atoms with van der Waals surface area (Å²) in [7, 11) is 0. The third-order valence-corrected chi connectivity index (χ3v) is 2.01. The molecule has 0 radical (unpaired) electrons. The first-order valence-electron chi connectivity index (χ1n) is 5.67. The van der Waals surface area contributed by atoms with Gasteiger partial charge in [0.15, 0.2) is 0 Å². The monoisotopic (exact) mass is 229 g/mol. The first-order valence-corrected chi connectivity index (χ1v) is 5.67. The van der Waals surface area contributed by atoms with E-state index in [4.69, 9.17) is 5.73 Å². The fourth-order valence-electron chi connectivity index (χ4n) is 1.03. The van der Waals surface area contributed by atoms with E-state index in [1.165, 1.54) is 0 Å². The van der Waals surface area contributed by atoms with Crippen molar-refractivity contribution in [1.82, 2.24) is 10.6 Å². The predicted octanol–water partition coefficient (Wildman–Crippen LogP) is 0.146. The van der Waals surface area contributed by atoms with E-state index in [0.717, 1.165) is 6.42 Å². The Bertz CT molecular complexity index is 234. The van der Waals surface area contributed by atoms with Crippen molar-refractivity contribution < 1.29 is 9.59 Å². The van der Waals surface area contributed by atoms with E-state index in [-0.39, 0.29) is 23.9 Å². The van der Waals surface area contributed by atoms with Crippen LogP contribution in [0.4, 0.5) is 0 Å². The van der Waals surface area contributed by atoms with Gasteiger partial charge in [-0.1, -0.05) is 6.92 Å². The molecule has 0 aromatic carbocycles. The highest BCUT2D eigenvalue weighted by Gasteiger charge is 2.13. The molecular weight excluding hydrogens is 206 g/mol. The number of carbonyl (C=O) groups excluding carboxylic acids is 2. The van der Waals surface area contributed by atoms with Crippen LogP contribution in [0.2, 0.25) is 0 Å². The molecule has 5 heteroatoms. The van der Waals surface area contributed by atoms with Gasteiger partial charge in [0.05, 0.1) is 6.54 Å². The Morgan fingerprint density at radius 1 is 1.19 bits per heavy atom. The topological polar surface area (TPSA) is 84.2 Å². The summed E-state index contributed by atoms with van der Waals surface area (Å²) in [5.41, 5.74) is 5.40. The Hall–Kier alpha value is -1.10. The predicted molar refractivity (Wildman–Crippen MR) is 63.8 cm³/mol. The van der Waals surface area contributed by atoms with Crippen molar-refractivity contribution in [3.63, 3.8) is 0 Å². The SMILES string of the molecule is CCCNC(=O)CNC(=O)CCC(C)(C)N. The maximum absolute atomic E-state index is 11.3. The van der Waals surface area contributed by atoms with Gasteiger partial charge in [-0.2, -0.15) is 0 Å².